The van der Waals surface area contributed by atoms with Gasteiger partial charge in [-0.2, -0.15) is 0 Å². The molecule has 0 rings (SSSR count). The van der Waals surface area contributed by atoms with Gasteiger partial charge in [-0.3, -0.25) is 37.3 Å². The molecule has 0 aliphatic heterocycles. The lowest BCUT2D eigenvalue weighted by Crippen LogP contribution is -2.30. The van der Waals surface area contributed by atoms with Crippen molar-refractivity contribution in [3.05, 3.63) is 0 Å². The summed E-state index contributed by atoms with van der Waals surface area (Å²) in [6.45, 7) is 9.67. The van der Waals surface area contributed by atoms with Gasteiger partial charge in [0.1, 0.15) is 19.3 Å². The van der Waals surface area contributed by atoms with Gasteiger partial charge < -0.3 is 33.8 Å². The van der Waals surface area contributed by atoms with Crippen molar-refractivity contribution in [3.63, 3.8) is 0 Å². The van der Waals surface area contributed by atoms with Crippen LogP contribution >= 0.6 is 15.6 Å². The van der Waals surface area contributed by atoms with Gasteiger partial charge in [-0.1, -0.05) is 395 Å². The van der Waals surface area contributed by atoms with Crippen molar-refractivity contribution in [3.8, 4) is 0 Å². The number of ether oxygens (including phenoxy) is 4. The second kappa shape index (κ2) is 75.5. The highest BCUT2D eigenvalue weighted by molar-refractivity contribution is 7.47. The maximum atomic E-state index is 13.1. The lowest BCUT2D eigenvalue weighted by Gasteiger charge is -2.21. The van der Waals surface area contributed by atoms with Crippen molar-refractivity contribution in [1.82, 2.24) is 0 Å². The van der Waals surface area contributed by atoms with Crippen molar-refractivity contribution in [2.45, 2.75) is 464 Å². The molecule has 0 fully saturated rings. The Labute approximate surface area is 632 Å². The van der Waals surface area contributed by atoms with Gasteiger partial charge in [-0.05, 0) is 37.5 Å². The number of phosphoric ester groups is 2. The van der Waals surface area contributed by atoms with Crippen molar-refractivity contribution >= 4 is 39.5 Å². The fourth-order valence-electron chi connectivity index (χ4n) is 13.1. The Bertz CT molecular complexity index is 1980. The molecule has 103 heavy (non-hydrogen) atoms. The zero-order valence-electron chi connectivity index (χ0n) is 67.6. The molecule has 17 nitrogen and oxygen atoms in total. The summed E-state index contributed by atoms with van der Waals surface area (Å²) in [5.74, 6) is -0.559. The fourth-order valence-corrected chi connectivity index (χ4v) is 14.6. The van der Waals surface area contributed by atoms with E-state index >= 15 is 0 Å². The first-order valence-corrected chi connectivity index (χ1v) is 46.5. The average Bonchev–Trinajstić information content (AvgIpc) is 1.10. The number of esters is 4. The summed E-state index contributed by atoms with van der Waals surface area (Å²) in [7, 11) is -9.93. The van der Waals surface area contributed by atoms with Gasteiger partial charge >= 0.3 is 39.5 Å². The van der Waals surface area contributed by atoms with Gasteiger partial charge in [0.05, 0.1) is 26.4 Å². The third-order valence-electron chi connectivity index (χ3n) is 19.7. The number of unbranched alkanes of at least 4 members (excludes halogenated alkanes) is 53. The fraction of sp³-hybridized carbons (Fsp3) is 0.952. The molecule has 0 bridgehead atoms. The summed E-state index contributed by atoms with van der Waals surface area (Å²) in [5.41, 5.74) is 0. The Hall–Kier alpha value is -1.94. The highest BCUT2D eigenvalue weighted by Gasteiger charge is 2.30. The Morgan fingerprint density at radius 2 is 0.447 bits per heavy atom. The molecule has 0 aliphatic rings. The maximum absolute atomic E-state index is 13.1. The van der Waals surface area contributed by atoms with E-state index in [0.717, 1.165) is 102 Å². The molecule has 5 atom stereocenters. The second-order valence-corrected chi connectivity index (χ2v) is 34.1. The lowest BCUT2D eigenvalue weighted by molar-refractivity contribution is -0.161. The molecule has 0 amide bonds. The first-order chi connectivity index (χ1) is 49.9. The first kappa shape index (κ1) is 101. The number of aliphatic hydroxyl groups is 1. The summed E-state index contributed by atoms with van der Waals surface area (Å²) in [4.78, 5) is 73.2. The van der Waals surface area contributed by atoms with Crippen LogP contribution in [0, 0.1) is 11.8 Å². The van der Waals surface area contributed by atoms with Gasteiger partial charge in [-0.25, -0.2) is 9.13 Å². The van der Waals surface area contributed by atoms with Crippen molar-refractivity contribution in [2.24, 2.45) is 11.8 Å². The maximum Gasteiger partial charge on any atom is 0.472 e. The highest BCUT2D eigenvalue weighted by Crippen LogP contribution is 2.45. The van der Waals surface area contributed by atoms with E-state index in [1.165, 1.54) is 263 Å². The van der Waals surface area contributed by atoms with E-state index in [4.69, 9.17) is 37.0 Å². The van der Waals surface area contributed by atoms with Crippen LogP contribution in [-0.4, -0.2) is 96.7 Å². The number of rotatable bonds is 83. The van der Waals surface area contributed by atoms with Crippen LogP contribution in [0.25, 0.3) is 0 Å². The molecule has 3 N–H and O–H groups in total. The van der Waals surface area contributed by atoms with Crippen LogP contribution in [-0.2, 0) is 65.4 Å². The Morgan fingerprint density at radius 1 is 0.262 bits per heavy atom. The molecular formula is C84H164O17P2. The van der Waals surface area contributed by atoms with E-state index in [9.17, 15) is 43.2 Å². The summed E-state index contributed by atoms with van der Waals surface area (Å²) >= 11 is 0. The zero-order valence-corrected chi connectivity index (χ0v) is 69.4. The van der Waals surface area contributed by atoms with Gasteiger partial charge in [0.15, 0.2) is 12.2 Å². The minimum atomic E-state index is -4.96. The number of phosphoric acid groups is 2. The van der Waals surface area contributed by atoms with E-state index < -0.39 is 97.5 Å². The highest BCUT2D eigenvalue weighted by atomic mass is 31.2. The molecule has 0 saturated heterocycles. The third kappa shape index (κ3) is 78.0. The van der Waals surface area contributed by atoms with Crippen LogP contribution in [0.3, 0.4) is 0 Å². The van der Waals surface area contributed by atoms with E-state index in [0.29, 0.717) is 25.7 Å². The standard InChI is InChI=1S/C84H164O17P2/c1-7-9-11-13-15-17-19-21-23-25-26-28-34-38-44-51-57-63-69-83(88)100-79(72-94-81(86)66-60-54-48-42-36-32-30-29-31-35-40-46-52-58-64-76(3)4)74-98-102(90,91)96-70-78(85)71-97-103(92,93)99-75-80(73-95-82(87)67-61-55-49-45-39-41-47-53-59-65-77(5)6)101-84(89)68-62-56-50-43-37-33-27-24-22-20-18-16-14-12-10-8-2/h76-80,85H,7-75H2,1-6H3,(H,90,91)(H,92,93)/t78-,79-,80-/m1/s1. The molecule has 0 radical (unpaired) electrons. The van der Waals surface area contributed by atoms with Crippen LogP contribution < -0.4 is 0 Å². The smallest absolute Gasteiger partial charge is 0.462 e. The normalized spacial score (nSPS) is 13.9. The van der Waals surface area contributed by atoms with Gasteiger partial charge in [0, 0.05) is 25.7 Å². The van der Waals surface area contributed by atoms with E-state index in [1.54, 1.807) is 0 Å². The van der Waals surface area contributed by atoms with Gasteiger partial charge in [0.25, 0.3) is 0 Å². The van der Waals surface area contributed by atoms with Gasteiger partial charge in [-0.15, -0.1) is 0 Å². The number of carbonyl (C=O) groups excluding carboxylic acids is 4. The first-order valence-electron chi connectivity index (χ1n) is 43.5. The lowest BCUT2D eigenvalue weighted by atomic mass is 10.0. The van der Waals surface area contributed by atoms with Crippen molar-refractivity contribution < 1.29 is 80.2 Å². The van der Waals surface area contributed by atoms with Crippen LogP contribution in [0.5, 0.6) is 0 Å². The molecule has 0 aromatic heterocycles. The molecule has 19 heteroatoms. The summed E-state index contributed by atoms with van der Waals surface area (Å²) in [6, 6.07) is 0. The molecule has 0 aliphatic carbocycles. The van der Waals surface area contributed by atoms with Crippen molar-refractivity contribution in [2.75, 3.05) is 39.6 Å². The molecular weight excluding hydrogens is 1340 g/mol. The van der Waals surface area contributed by atoms with Crippen LogP contribution in [0.2, 0.25) is 0 Å². The van der Waals surface area contributed by atoms with E-state index in [-0.39, 0.29) is 25.7 Å². The van der Waals surface area contributed by atoms with E-state index in [1.807, 2.05) is 0 Å². The monoisotopic (exact) mass is 1510 g/mol. The minimum absolute atomic E-state index is 0.108. The molecule has 0 aromatic carbocycles. The van der Waals surface area contributed by atoms with Crippen LogP contribution in [0.15, 0.2) is 0 Å². The van der Waals surface area contributed by atoms with Gasteiger partial charge in [0.2, 0.25) is 0 Å². The predicted molar refractivity (Wildman–Crippen MR) is 423 cm³/mol. The number of hydrogen-bond donors (Lipinski definition) is 3. The minimum Gasteiger partial charge on any atom is -0.462 e. The molecule has 0 spiro atoms. The van der Waals surface area contributed by atoms with Crippen molar-refractivity contribution in [1.29, 1.82) is 0 Å². The summed E-state index contributed by atoms with van der Waals surface area (Å²) in [5, 5.41) is 10.7. The molecule has 2 unspecified atom stereocenters. The topological polar surface area (TPSA) is 237 Å². The largest absolute Gasteiger partial charge is 0.472 e. The predicted octanol–water partition coefficient (Wildman–Crippen LogP) is 25.5. The number of carbonyl (C=O) groups is 4. The summed E-state index contributed by atoms with van der Waals surface area (Å²) < 4.78 is 68.9. The second-order valence-electron chi connectivity index (χ2n) is 31.2. The SMILES string of the molecule is CCCCCCCCCCCCCCCCCCCCC(=O)O[C@H](COC(=O)CCCCCCCCCCCCCCCCC(C)C)COP(=O)(O)OC[C@@H](O)COP(=O)(O)OC[C@@H](COC(=O)CCCCCCCCCCCC(C)C)OC(=O)CCCCCCCCCCCCCCCCCC. The zero-order chi connectivity index (χ0) is 75.6. The average molecular weight is 1510 g/mol. The Morgan fingerprint density at radius 3 is 0.660 bits per heavy atom. The molecule has 0 aromatic rings. The molecule has 612 valence electrons. The third-order valence-corrected chi connectivity index (χ3v) is 21.6. The molecule has 0 saturated carbocycles. The van der Waals surface area contributed by atoms with Crippen LogP contribution in [0.4, 0.5) is 0 Å². The van der Waals surface area contributed by atoms with Crippen LogP contribution in [0.1, 0.15) is 446 Å². The Kier molecular flexibility index (Phi) is 74.1. The quantitative estimate of drug-likeness (QED) is 0.0222. The summed E-state index contributed by atoms with van der Waals surface area (Å²) in [6.07, 6.45) is 66.5. The number of hydrogen-bond acceptors (Lipinski definition) is 15. The number of aliphatic hydroxyl groups excluding tert-OH is 1. The Balaban J connectivity index is 5.26. The molecule has 0 heterocycles. The van der Waals surface area contributed by atoms with E-state index in [2.05, 4.69) is 41.5 Å².